The number of carbonyl (C=O) groups is 2. The second-order valence-corrected chi connectivity index (χ2v) is 7.96. The lowest BCUT2D eigenvalue weighted by Crippen LogP contribution is -2.54. The summed E-state index contributed by atoms with van der Waals surface area (Å²) in [5, 5.41) is 3.06. The van der Waals surface area contributed by atoms with Crippen LogP contribution in [0, 0.1) is 6.92 Å². The molecule has 1 N–H and O–H groups in total. The van der Waals surface area contributed by atoms with E-state index in [-0.39, 0.29) is 10.7 Å². The molecule has 30 heavy (non-hydrogen) atoms. The Morgan fingerprint density at radius 3 is 2.70 bits per heavy atom. The Balaban J connectivity index is 2.07. The monoisotopic (exact) mass is 508 g/mol. The third-order valence-electron chi connectivity index (χ3n) is 4.43. The van der Waals surface area contributed by atoms with Gasteiger partial charge in [-0.1, -0.05) is 17.7 Å². The van der Waals surface area contributed by atoms with Crippen molar-refractivity contribution in [2.24, 2.45) is 0 Å². The third-order valence-corrected chi connectivity index (χ3v) is 5.72. The molecule has 0 atom stereocenters. The number of anilines is 1. The van der Waals surface area contributed by atoms with E-state index in [2.05, 4.69) is 21.2 Å². The zero-order valence-corrected chi connectivity index (χ0v) is 19.6. The van der Waals surface area contributed by atoms with E-state index in [1.807, 2.05) is 6.92 Å². The highest BCUT2D eigenvalue weighted by Crippen LogP contribution is 2.37. The van der Waals surface area contributed by atoms with Crippen molar-refractivity contribution in [2.75, 3.05) is 18.6 Å². The van der Waals surface area contributed by atoms with Gasteiger partial charge in [0.25, 0.3) is 11.8 Å². The Bertz CT molecular complexity index is 1090. The molecule has 2 aromatic carbocycles. The highest BCUT2D eigenvalue weighted by molar-refractivity contribution is 9.10. The van der Waals surface area contributed by atoms with Gasteiger partial charge in [0.05, 0.1) is 23.9 Å². The minimum absolute atomic E-state index is 0.00188. The van der Waals surface area contributed by atoms with Crippen molar-refractivity contribution in [2.45, 2.75) is 13.8 Å². The first-order valence-corrected chi connectivity index (χ1v) is 10.5. The molecule has 1 aliphatic heterocycles. The van der Waals surface area contributed by atoms with Crippen molar-refractivity contribution in [3.63, 3.8) is 0 Å². The smallest absolute Gasteiger partial charge is 0.270 e. The van der Waals surface area contributed by atoms with Gasteiger partial charge in [-0.15, -0.1) is 0 Å². The van der Waals surface area contributed by atoms with Crippen LogP contribution >= 0.6 is 39.7 Å². The molecule has 1 saturated heterocycles. The molecule has 0 radical (unpaired) electrons. The van der Waals surface area contributed by atoms with Gasteiger partial charge in [0.2, 0.25) is 0 Å². The van der Waals surface area contributed by atoms with E-state index in [0.717, 1.165) is 0 Å². The third kappa shape index (κ3) is 4.21. The maximum absolute atomic E-state index is 13.2. The van der Waals surface area contributed by atoms with Crippen molar-refractivity contribution in [1.82, 2.24) is 5.32 Å². The predicted octanol–water partition coefficient (Wildman–Crippen LogP) is 4.65. The summed E-state index contributed by atoms with van der Waals surface area (Å²) in [7, 11) is 1.52. The molecule has 0 bridgehead atoms. The first kappa shape index (κ1) is 22.3. The van der Waals surface area contributed by atoms with Gasteiger partial charge in [-0.05, 0) is 83.5 Å². The lowest BCUT2D eigenvalue weighted by molar-refractivity contribution is -0.122. The zero-order valence-electron chi connectivity index (χ0n) is 16.4. The van der Waals surface area contributed by atoms with Gasteiger partial charge >= 0.3 is 0 Å². The molecule has 0 spiro atoms. The second kappa shape index (κ2) is 9.16. The van der Waals surface area contributed by atoms with Crippen molar-refractivity contribution in [3.8, 4) is 11.5 Å². The SMILES string of the molecule is CCOc1c(Br)cc(/C=C2\C(=O)NC(=S)N(c3cccc(Cl)c3C)C2=O)cc1OC. The van der Waals surface area contributed by atoms with Crippen LogP contribution in [0.2, 0.25) is 5.02 Å². The summed E-state index contributed by atoms with van der Waals surface area (Å²) in [4.78, 5) is 27.0. The number of hydrogen-bond acceptors (Lipinski definition) is 5. The maximum Gasteiger partial charge on any atom is 0.270 e. The van der Waals surface area contributed by atoms with Crippen molar-refractivity contribution < 1.29 is 19.1 Å². The molecule has 1 fully saturated rings. The van der Waals surface area contributed by atoms with Gasteiger partial charge in [-0.3, -0.25) is 19.8 Å². The summed E-state index contributed by atoms with van der Waals surface area (Å²) < 4.78 is 11.6. The van der Waals surface area contributed by atoms with Crippen molar-refractivity contribution in [1.29, 1.82) is 0 Å². The van der Waals surface area contributed by atoms with Crippen LogP contribution in [0.4, 0.5) is 5.69 Å². The first-order valence-electron chi connectivity index (χ1n) is 8.95. The van der Waals surface area contributed by atoms with E-state index in [4.69, 9.17) is 33.3 Å². The van der Waals surface area contributed by atoms with Gasteiger partial charge in [0.1, 0.15) is 5.57 Å². The quantitative estimate of drug-likeness (QED) is 0.361. The summed E-state index contributed by atoms with van der Waals surface area (Å²) in [6.45, 7) is 4.10. The van der Waals surface area contributed by atoms with E-state index in [1.54, 1.807) is 37.3 Å². The van der Waals surface area contributed by atoms with E-state index in [1.165, 1.54) is 18.1 Å². The fourth-order valence-corrected chi connectivity index (χ4v) is 4.01. The summed E-state index contributed by atoms with van der Waals surface area (Å²) in [6.07, 6.45) is 1.48. The van der Waals surface area contributed by atoms with Crippen LogP contribution < -0.4 is 19.7 Å². The van der Waals surface area contributed by atoms with Gasteiger partial charge in [0, 0.05) is 5.02 Å². The van der Waals surface area contributed by atoms with Crippen LogP contribution in [-0.2, 0) is 9.59 Å². The maximum atomic E-state index is 13.2. The number of hydrogen-bond donors (Lipinski definition) is 1. The Labute approximate surface area is 192 Å². The normalized spacial score (nSPS) is 15.4. The van der Waals surface area contributed by atoms with E-state index in [0.29, 0.717) is 44.4 Å². The van der Waals surface area contributed by atoms with Crippen LogP contribution in [0.5, 0.6) is 11.5 Å². The van der Waals surface area contributed by atoms with Gasteiger partial charge in [-0.25, -0.2) is 0 Å². The summed E-state index contributed by atoms with van der Waals surface area (Å²) in [5.41, 5.74) is 1.70. The molecule has 3 rings (SSSR count). The number of carbonyl (C=O) groups excluding carboxylic acids is 2. The van der Waals surface area contributed by atoms with E-state index < -0.39 is 11.8 Å². The second-order valence-electron chi connectivity index (χ2n) is 6.31. The number of benzene rings is 2. The van der Waals surface area contributed by atoms with Crippen LogP contribution in [0.1, 0.15) is 18.1 Å². The molecule has 0 aliphatic carbocycles. The molecular weight excluding hydrogens is 492 g/mol. The molecule has 156 valence electrons. The van der Waals surface area contributed by atoms with Crippen LogP contribution in [0.25, 0.3) is 6.08 Å². The minimum Gasteiger partial charge on any atom is -0.493 e. The average Bonchev–Trinajstić information content (AvgIpc) is 2.70. The Hall–Kier alpha value is -2.42. The lowest BCUT2D eigenvalue weighted by atomic mass is 10.1. The van der Waals surface area contributed by atoms with Gasteiger partial charge in [-0.2, -0.15) is 0 Å². The summed E-state index contributed by atoms with van der Waals surface area (Å²) in [6, 6.07) is 8.58. The fourth-order valence-electron chi connectivity index (χ4n) is 2.99. The molecule has 0 unspecified atom stereocenters. The molecule has 0 saturated carbocycles. The van der Waals surface area contributed by atoms with Crippen LogP contribution in [-0.4, -0.2) is 30.6 Å². The van der Waals surface area contributed by atoms with Crippen LogP contribution in [0.3, 0.4) is 0 Å². The highest BCUT2D eigenvalue weighted by Gasteiger charge is 2.35. The largest absolute Gasteiger partial charge is 0.493 e. The van der Waals surface area contributed by atoms with Gasteiger partial charge < -0.3 is 9.47 Å². The molecule has 0 aromatic heterocycles. The van der Waals surface area contributed by atoms with Gasteiger partial charge in [0.15, 0.2) is 16.6 Å². The highest BCUT2D eigenvalue weighted by atomic mass is 79.9. The number of nitrogens with zero attached hydrogens (tertiary/aromatic N) is 1. The standard InChI is InChI=1S/C21H18BrClN2O4S/c1-4-29-18-14(22)9-12(10-17(18)28-3)8-13-19(26)24-21(30)25(20(13)27)16-7-5-6-15(23)11(16)2/h5-10H,4H2,1-3H3,(H,24,26,30)/b13-8+. The van der Waals surface area contributed by atoms with Crippen molar-refractivity contribution >= 4 is 68.4 Å². The Morgan fingerprint density at radius 1 is 1.30 bits per heavy atom. The number of methoxy groups -OCH3 is 1. The topological polar surface area (TPSA) is 67.9 Å². The molecular formula is C21H18BrClN2O4S. The number of thiocarbonyl (C=S) groups is 1. The molecule has 2 aromatic rings. The average molecular weight is 510 g/mol. The minimum atomic E-state index is -0.579. The number of amides is 2. The zero-order chi connectivity index (χ0) is 22.0. The summed E-state index contributed by atoms with van der Waals surface area (Å²) >= 11 is 14.9. The fraction of sp³-hybridized carbons (Fsp3) is 0.190. The van der Waals surface area contributed by atoms with E-state index >= 15 is 0 Å². The molecule has 1 aliphatic rings. The lowest BCUT2D eigenvalue weighted by Gasteiger charge is -2.30. The van der Waals surface area contributed by atoms with Crippen LogP contribution in [0.15, 0.2) is 40.4 Å². The first-order chi connectivity index (χ1) is 14.3. The molecule has 9 heteroatoms. The Morgan fingerprint density at radius 2 is 2.03 bits per heavy atom. The number of halogens is 2. The summed E-state index contributed by atoms with van der Waals surface area (Å²) in [5.74, 6) is -0.110. The number of rotatable bonds is 5. The number of nitrogens with one attached hydrogen (secondary N) is 1. The Kier molecular flexibility index (Phi) is 6.80. The molecule has 6 nitrogen and oxygen atoms in total. The molecule has 1 heterocycles. The number of ether oxygens (including phenoxy) is 2. The van der Waals surface area contributed by atoms with Crippen molar-refractivity contribution in [3.05, 3.63) is 56.5 Å². The predicted molar refractivity (Wildman–Crippen MR) is 124 cm³/mol. The van der Waals surface area contributed by atoms with E-state index in [9.17, 15) is 9.59 Å². The molecule has 2 amide bonds.